The van der Waals surface area contributed by atoms with E-state index in [1.807, 2.05) is 21.1 Å². The maximum Gasteiger partial charge on any atom is 0.472 e. The molecule has 0 bridgehead atoms. The van der Waals surface area contributed by atoms with Gasteiger partial charge in [0.05, 0.1) is 27.7 Å². The largest absolute Gasteiger partial charge is 0.472 e. The molecule has 8 nitrogen and oxygen atoms in total. The number of phosphoric ester groups is 1. The van der Waals surface area contributed by atoms with E-state index in [-0.39, 0.29) is 19.6 Å². The third-order valence-corrected chi connectivity index (χ3v) is 8.51. The number of hydrogen-bond donors (Lipinski definition) is 2. The van der Waals surface area contributed by atoms with Gasteiger partial charge in [-0.1, -0.05) is 128 Å². The van der Waals surface area contributed by atoms with Crippen molar-refractivity contribution < 1.29 is 37.6 Å². The predicted octanol–water partition coefficient (Wildman–Crippen LogP) is 8.89. The molecule has 256 valence electrons. The number of phosphoric acid groups is 1. The zero-order valence-corrected chi connectivity index (χ0v) is 29.3. The third kappa shape index (κ3) is 34.0. The molecule has 9 heteroatoms. The van der Waals surface area contributed by atoms with Crippen molar-refractivity contribution in [2.45, 2.75) is 154 Å². The fourth-order valence-electron chi connectivity index (χ4n) is 4.72. The van der Waals surface area contributed by atoms with Crippen LogP contribution in [0.4, 0.5) is 0 Å². The molecular weight excluding hydrogens is 565 g/mol. The summed E-state index contributed by atoms with van der Waals surface area (Å²) < 4.78 is 27.1. The summed E-state index contributed by atoms with van der Waals surface area (Å²) in [5.74, 6) is -0.401. The summed E-state index contributed by atoms with van der Waals surface area (Å²) in [4.78, 5) is 21.5. The number of aliphatic hydroxyl groups excluding tert-OH is 1. The Morgan fingerprint density at radius 1 is 0.698 bits per heavy atom. The normalized spacial score (nSPS) is 14.3. The number of allylic oxidation sites excluding steroid dienone is 2. The first-order chi connectivity index (χ1) is 20.6. The number of aliphatic hydroxyl groups is 1. The first kappa shape index (κ1) is 42.2. The Bertz CT molecular complexity index is 711. The van der Waals surface area contributed by atoms with Crippen molar-refractivity contribution in [2.24, 2.45) is 0 Å². The van der Waals surface area contributed by atoms with Gasteiger partial charge in [0.1, 0.15) is 25.9 Å². The third-order valence-electron chi connectivity index (χ3n) is 7.53. The average Bonchev–Trinajstić information content (AvgIpc) is 2.94. The lowest BCUT2D eigenvalue weighted by Crippen LogP contribution is -2.37. The van der Waals surface area contributed by atoms with Gasteiger partial charge in [-0.25, -0.2) is 4.57 Å². The molecule has 2 N–H and O–H groups in total. The van der Waals surface area contributed by atoms with Crippen molar-refractivity contribution in [3.05, 3.63) is 12.2 Å². The van der Waals surface area contributed by atoms with E-state index in [0.717, 1.165) is 12.8 Å². The van der Waals surface area contributed by atoms with Crippen molar-refractivity contribution in [1.29, 1.82) is 0 Å². The lowest BCUT2D eigenvalue weighted by atomic mass is 10.0. The van der Waals surface area contributed by atoms with Gasteiger partial charge >= 0.3 is 13.8 Å². The maximum atomic E-state index is 11.9. The second kappa shape index (κ2) is 28.7. The number of carbonyl (C=O) groups excluding carboxylic acids is 1. The monoisotopic (exact) mass is 634 g/mol. The van der Waals surface area contributed by atoms with Crippen LogP contribution in [-0.2, 0) is 23.1 Å². The summed E-state index contributed by atoms with van der Waals surface area (Å²) >= 11 is 0. The molecule has 0 amide bonds. The molecule has 0 radical (unpaired) electrons. The molecule has 0 aromatic heterocycles. The Hall–Kier alpha value is -0.760. The molecule has 43 heavy (non-hydrogen) atoms. The molecule has 0 saturated heterocycles. The van der Waals surface area contributed by atoms with Crippen LogP contribution in [0.1, 0.15) is 148 Å². The van der Waals surface area contributed by atoms with E-state index < -0.39 is 26.5 Å². The number of unbranched alkanes of at least 4 members (excludes halogenated alkanes) is 19. The molecule has 0 saturated carbocycles. The van der Waals surface area contributed by atoms with E-state index in [1.165, 1.54) is 116 Å². The van der Waals surface area contributed by atoms with Crippen molar-refractivity contribution in [2.75, 3.05) is 47.5 Å². The number of hydrogen-bond acceptors (Lipinski definition) is 6. The zero-order chi connectivity index (χ0) is 32.1. The smallest absolute Gasteiger partial charge is 0.463 e. The molecule has 0 heterocycles. The molecule has 0 aliphatic rings. The van der Waals surface area contributed by atoms with Crippen LogP contribution in [0.25, 0.3) is 0 Å². The molecule has 0 spiro atoms. The fourth-order valence-corrected chi connectivity index (χ4v) is 5.47. The van der Waals surface area contributed by atoms with Gasteiger partial charge in [-0.2, -0.15) is 0 Å². The molecule has 0 aliphatic carbocycles. The number of quaternary nitrogens is 1. The second-order valence-electron chi connectivity index (χ2n) is 13.1. The second-order valence-corrected chi connectivity index (χ2v) is 14.6. The highest BCUT2D eigenvalue weighted by Crippen LogP contribution is 2.43. The summed E-state index contributed by atoms with van der Waals surface area (Å²) in [5, 5.41) is 9.87. The van der Waals surface area contributed by atoms with Crippen LogP contribution in [-0.4, -0.2) is 74.1 Å². The van der Waals surface area contributed by atoms with Gasteiger partial charge in [-0.15, -0.1) is 0 Å². The zero-order valence-electron chi connectivity index (χ0n) is 28.4. The quantitative estimate of drug-likeness (QED) is 0.0250. The maximum absolute atomic E-state index is 11.9. The molecule has 0 aliphatic heterocycles. The Balaban J connectivity index is 3.46. The van der Waals surface area contributed by atoms with E-state index in [0.29, 0.717) is 17.4 Å². The van der Waals surface area contributed by atoms with Crippen molar-refractivity contribution in [3.8, 4) is 0 Å². The van der Waals surface area contributed by atoms with E-state index >= 15 is 0 Å². The van der Waals surface area contributed by atoms with E-state index in [2.05, 4.69) is 19.1 Å². The molecule has 0 fully saturated rings. The van der Waals surface area contributed by atoms with Gasteiger partial charge in [-0.3, -0.25) is 13.8 Å². The minimum absolute atomic E-state index is 0.0520. The van der Waals surface area contributed by atoms with Gasteiger partial charge in [0.15, 0.2) is 0 Å². The lowest BCUT2D eigenvalue weighted by Gasteiger charge is -2.24. The molecule has 0 aromatic carbocycles. The minimum atomic E-state index is -4.25. The van der Waals surface area contributed by atoms with Crippen LogP contribution in [0.5, 0.6) is 0 Å². The SMILES string of the molecule is CCCCCCCCCCCCCCCCCCCC/C=C/CCCC(=O)OC[C@@H](O)COP(=O)(O)OCC[N+](C)(C)C. The van der Waals surface area contributed by atoms with Crippen LogP contribution in [0.2, 0.25) is 0 Å². The van der Waals surface area contributed by atoms with Gasteiger partial charge in [-0.05, 0) is 25.7 Å². The summed E-state index contributed by atoms with van der Waals surface area (Å²) in [6, 6.07) is 0. The van der Waals surface area contributed by atoms with Gasteiger partial charge in [0, 0.05) is 6.42 Å². The fraction of sp³-hybridized carbons (Fsp3) is 0.912. The number of ether oxygens (including phenoxy) is 1. The highest BCUT2D eigenvalue weighted by atomic mass is 31.2. The van der Waals surface area contributed by atoms with Crippen LogP contribution in [0, 0.1) is 0 Å². The molecule has 2 atom stereocenters. The summed E-state index contributed by atoms with van der Waals surface area (Å²) in [7, 11) is 1.55. The Kier molecular flexibility index (Phi) is 28.2. The van der Waals surface area contributed by atoms with E-state index in [1.54, 1.807) is 0 Å². The molecule has 0 aromatic rings. The summed E-state index contributed by atoms with van der Waals surface area (Å²) in [5.41, 5.74) is 0. The van der Waals surface area contributed by atoms with Crippen molar-refractivity contribution in [1.82, 2.24) is 0 Å². The van der Waals surface area contributed by atoms with Crippen LogP contribution < -0.4 is 0 Å². The van der Waals surface area contributed by atoms with Crippen LogP contribution in [0.3, 0.4) is 0 Å². The minimum Gasteiger partial charge on any atom is -0.463 e. The lowest BCUT2D eigenvalue weighted by molar-refractivity contribution is -0.870. The Morgan fingerprint density at radius 2 is 1.14 bits per heavy atom. The number of rotatable bonds is 32. The predicted molar refractivity (Wildman–Crippen MR) is 178 cm³/mol. The summed E-state index contributed by atoms with van der Waals surface area (Å²) in [6.45, 7) is 2.13. The highest BCUT2D eigenvalue weighted by molar-refractivity contribution is 7.47. The Morgan fingerprint density at radius 3 is 1.60 bits per heavy atom. The average molecular weight is 635 g/mol. The van der Waals surface area contributed by atoms with Crippen molar-refractivity contribution >= 4 is 13.8 Å². The number of nitrogens with zero attached hydrogens (tertiary/aromatic N) is 1. The number of carbonyl (C=O) groups is 1. The standard InChI is InChI=1S/C34H68NO7P/c1-5-6-7-8-9-10-11-12-13-14-15-16-17-18-19-20-21-22-23-24-25-26-27-28-34(37)40-31-33(36)32-42-43(38,39)41-30-29-35(2,3)4/h24-25,33,36H,5-23,26-32H2,1-4H3/p+1/b25-24+/t33-/m1/s1. The van der Waals surface area contributed by atoms with Gasteiger partial charge < -0.3 is 19.2 Å². The van der Waals surface area contributed by atoms with Gasteiger partial charge in [0.2, 0.25) is 0 Å². The topological polar surface area (TPSA) is 102 Å². The molecule has 0 rings (SSSR count). The number of likely N-dealkylation sites (N-methyl/N-ethyl adjacent to an activating group) is 1. The van der Waals surface area contributed by atoms with Gasteiger partial charge in [0.25, 0.3) is 0 Å². The molecule has 1 unspecified atom stereocenters. The number of esters is 1. The first-order valence-electron chi connectivity index (χ1n) is 17.5. The van der Waals surface area contributed by atoms with Crippen molar-refractivity contribution in [3.63, 3.8) is 0 Å². The van der Waals surface area contributed by atoms with E-state index in [4.69, 9.17) is 13.8 Å². The Labute approximate surface area is 265 Å². The van der Waals surface area contributed by atoms with Crippen LogP contribution >= 0.6 is 7.82 Å². The molecular formula is C34H69NO7P+. The van der Waals surface area contributed by atoms with E-state index in [9.17, 15) is 19.4 Å². The summed E-state index contributed by atoms with van der Waals surface area (Å²) in [6.07, 6.45) is 31.0. The van der Waals surface area contributed by atoms with Crippen LogP contribution in [0.15, 0.2) is 12.2 Å². The first-order valence-corrected chi connectivity index (χ1v) is 19.0. The highest BCUT2D eigenvalue weighted by Gasteiger charge is 2.24.